The number of hydrogen-bond donors (Lipinski definition) is 3. The summed E-state index contributed by atoms with van der Waals surface area (Å²) in [7, 11) is 0. The molecule has 0 rings (SSSR count). The minimum absolute atomic E-state index is 0.116. The van der Waals surface area contributed by atoms with Gasteiger partial charge in [-0.15, -0.1) is 0 Å². The predicted molar refractivity (Wildman–Crippen MR) is 67.3 cm³/mol. The van der Waals surface area contributed by atoms with Gasteiger partial charge in [0, 0.05) is 20.8 Å². The Labute approximate surface area is 116 Å². The van der Waals surface area contributed by atoms with E-state index in [1.54, 1.807) is 6.92 Å². The molecular weight excluding hydrogens is 236 g/mol. The first-order valence-corrected chi connectivity index (χ1v) is 6.07. The zero-order chi connectivity index (χ0) is 14.6. The van der Waals surface area contributed by atoms with Crippen LogP contribution in [-0.4, -0.2) is 55.1 Å². The molecule has 0 saturated carbocycles. The molecule has 0 bridgehead atoms. The van der Waals surface area contributed by atoms with Gasteiger partial charge in [-0.3, -0.25) is 9.59 Å². The SMILES string of the molecule is CCC(C)O.C[C](C)(C)[Mg+2].O=C(O)CC(=O)O. The van der Waals surface area contributed by atoms with Crippen molar-refractivity contribution in [2.75, 3.05) is 0 Å². The normalized spacial score (nSPS) is 11.2. The highest BCUT2D eigenvalue weighted by Crippen LogP contribution is 2.13. The second kappa shape index (κ2) is 12.1. The van der Waals surface area contributed by atoms with Gasteiger partial charge in [0.05, 0.1) is 6.10 Å². The molecule has 0 amide bonds. The molecule has 0 aliphatic heterocycles. The van der Waals surface area contributed by atoms with Gasteiger partial charge in [-0.2, -0.15) is 0 Å². The molecule has 0 aliphatic carbocycles. The number of aliphatic hydroxyl groups is 1. The van der Waals surface area contributed by atoms with Crippen molar-refractivity contribution < 1.29 is 24.9 Å². The molecule has 7 radical (unpaired) electrons. The van der Waals surface area contributed by atoms with Crippen molar-refractivity contribution in [3.05, 3.63) is 0 Å². The molecule has 1 unspecified atom stereocenters. The Morgan fingerprint density at radius 1 is 1.18 bits per heavy atom. The molecule has 1 atom stereocenters. The number of hydrogen-bond acceptors (Lipinski definition) is 3. The molecule has 0 heterocycles. The molecule has 17 heavy (non-hydrogen) atoms. The second-order valence-electron chi connectivity index (χ2n) is 4.78. The van der Waals surface area contributed by atoms with E-state index >= 15 is 0 Å². The molecule has 97 valence electrons. The highest BCUT2D eigenvalue weighted by Gasteiger charge is 2.46. The van der Waals surface area contributed by atoms with Crippen LogP contribution in [0.3, 0.4) is 0 Å². The third kappa shape index (κ3) is 91.1. The molecule has 0 saturated heterocycles. The molecule has 0 aromatic carbocycles. The van der Waals surface area contributed by atoms with Crippen molar-refractivity contribution in [1.82, 2.24) is 0 Å². The molecule has 5 nitrogen and oxygen atoms in total. The fraction of sp³-hybridized carbons (Fsp3) is 0.818. The zero-order valence-corrected chi connectivity index (χ0v) is 12.8. The number of carboxylic acids is 2. The van der Waals surface area contributed by atoms with Gasteiger partial charge >= 0.3 is 33.6 Å². The minimum atomic E-state index is -1.31. The summed E-state index contributed by atoms with van der Waals surface area (Å²) in [6.45, 7) is 10.3. The molecule has 3 N–H and O–H groups in total. The summed E-state index contributed by atoms with van der Waals surface area (Å²) in [4.78, 5) is 18.9. The van der Waals surface area contributed by atoms with Crippen LogP contribution in [-0.2, 0) is 9.59 Å². The van der Waals surface area contributed by atoms with Gasteiger partial charge in [0.1, 0.15) is 6.42 Å². The van der Waals surface area contributed by atoms with Gasteiger partial charge in [-0.05, 0) is 13.3 Å². The average Bonchev–Trinajstić information content (AvgIpc) is 1.99. The fourth-order valence-corrected chi connectivity index (χ4v) is 0.129. The standard InChI is InChI=1S/C4H10O.C4H9.C3H4O4.Mg/c1-3-4(2)5;1-4(2)3;4-2(5)1-3(6)7;/h4-5H,3H2,1-2H3;1-3H3;1H2,(H,4,5)(H,6,7);/q;;;+2. The molecule has 0 aromatic rings. The maximum Gasteiger partial charge on any atom is 1.42 e. The zero-order valence-electron chi connectivity index (χ0n) is 11.4. The van der Waals surface area contributed by atoms with Crippen LogP contribution >= 0.6 is 0 Å². The monoisotopic (exact) mass is 259 g/mol. The Morgan fingerprint density at radius 3 is 1.35 bits per heavy atom. The van der Waals surface area contributed by atoms with Gasteiger partial charge in [-0.25, -0.2) is 0 Å². The van der Waals surface area contributed by atoms with Crippen molar-refractivity contribution >= 4 is 33.6 Å². The first-order chi connectivity index (χ1) is 7.40. The van der Waals surface area contributed by atoms with Crippen LogP contribution in [0.5, 0.6) is 0 Å². The predicted octanol–water partition coefficient (Wildman–Crippen LogP) is 1.70. The number of carboxylic acid groups (broad SMARTS) is 2. The van der Waals surface area contributed by atoms with Crippen LogP contribution in [0.15, 0.2) is 0 Å². The van der Waals surface area contributed by atoms with E-state index in [2.05, 4.69) is 20.8 Å². The minimum Gasteiger partial charge on any atom is -0.481 e. The van der Waals surface area contributed by atoms with E-state index in [4.69, 9.17) is 15.3 Å². The van der Waals surface area contributed by atoms with Crippen molar-refractivity contribution in [3.8, 4) is 0 Å². The lowest BCUT2D eigenvalue weighted by Crippen LogP contribution is -2.03. The summed E-state index contributed by atoms with van der Waals surface area (Å²) in [6.07, 6.45) is -0.0602. The van der Waals surface area contributed by atoms with Gasteiger partial charge in [0.25, 0.3) is 3.54 Å². The second-order valence-corrected chi connectivity index (χ2v) is 6.90. The van der Waals surface area contributed by atoms with Crippen LogP contribution in [0.25, 0.3) is 0 Å². The first kappa shape index (κ1) is 21.9. The highest BCUT2D eigenvalue weighted by atomic mass is 24.4. The van der Waals surface area contributed by atoms with E-state index in [0.717, 1.165) is 6.42 Å². The maximum absolute atomic E-state index is 9.43. The summed E-state index contributed by atoms with van der Waals surface area (Å²) in [5.41, 5.74) is 0. The topological polar surface area (TPSA) is 94.8 Å². The Kier molecular flexibility index (Phi) is 15.6. The van der Waals surface area contributed by atoms with Crippen molar-refractivity contribution in [1.29, 1.82) is 0 Å². The smallest absolute Gasteiger partial charge is 0.481 e. The van der Waals surface area contributed by atoms with E-state index in [-0.39, 0.29) is 6.10 Å². The molecule has 0 aliphatic rings. The number of carbonyl (C=O) groups is 2. The van der Waals surface area contributed by atoms with Gasteiger partial charge < -0.3 is 15.3 Å². The first-order valence-electron chi connectivity index (χ1n) is 5.37. The molecule has 0 fully saturated rings. The third-order valence-electron chi connectivity index (χ3n) is 0.893. The summed E-state index contributed by atoms with van der Waals surface area (Å²) < 4.78 is 0.528. The lowest BCUT2D eigenvalue weighted by molar-refractivity contribution is -0.147. The van der Waals surface area contributed by atoms with E-state index in [9.17, 15) is 9.59 Å². The highest BCUT2D eigenvalue weighted by molar-refractivity contribution is 6.14. The van der Waals surface area contributed by atoms with Gasteiger partial charge in [-0.1, -0.05) is 6.92 Å². The lowest BCUT2D eigenvalue weighted by Gasteiger charge is -1.90. The summed E-state index contributed by atoms with van der Waals surface area (Å²) in [6, 6.07) is 0. The Morgan fingerprint density at radius 2 is 1.35 bits per heavy atom. The number of aliphatic carboxylic acids is 2. The maximum atomic E-state index is 9.43. The van der Waals surface area contributed by atoms with Gasteiger partial charge in [0.15, 0.2) is 0 Å². The van der Waals surface area contributed by atoms with Crippen molar-refractivity contribution in [2.45, 2.75) is 57.1 Å². The van der Waals surface area contributed by atoms with Crippen LogP contribution in [0.4, 0.5) is 0 Å². The molecule has 0 spiro atoms. The summed E-state index contributed by atoms with van der Waals surface area (Å²) in [5.74, 6) is -2.62. The Bertz CT molecular complexity index is 190. The van der Waals surface area contributed by atoms with Gasteiger partial charge in [0.2, 0.25) is 0 Å². The largest absolute Gasteiger partial charge is 1.42 e. The summed E-state index contributed by atoms with van der Waals surface area (Å²) >= 11 is 2.01. The number of rotatable bonds is 3. The number of aliphatic hydroxyl groups excluding tert-OH is 1. The molecule has 0 aromatic heterocycles. The van der Waals surface area contributed by atoms with Crippen LogP contribution < -0.4 is 0 Å². The quantitative estimate of drug-likeness (QED) is 0.530. The molecular formula is C11H23MgO5+2. The van der Waals surface area contributed by atoms with E-state index in [1.165, 1.54) is 0 Å². The van der Waals surface area contributed by atoms with E-state index in [1.807, 2.05) is 28.6 Å². The Hall–Kier alpha value is -0.334. The van der Waals surface area contributed by atoms with Crippen LogP contribution in [0, 0.1) is 0 Å². The van der Waals surface area contributed by atoms with Crippen molar-refractivity contribution in [2.24, 2.45) is 0 Å². The van der Waals surface area contributed by atoms with Crippen molar-refractivity contribution in [3.63, 3.8) is 0 Å². The van der Waals surface area contributed by atoms with Crippen LogP contribution in [0.2, 0.25) is 3.54 Å². The lowest BCUT2D eigenvalue weighted by atomic mass is 10.2. The van der Waals surface area contributed by atoms with E-state index in [0.29, 0.717) is 3.54 Å². The van der Waals surface area contributed by atoms with Crippen LogP contribution in [0.1, 0.15) is 47.5 Å². The van der Waals surface area contributed by atoms with E-state index < -0.39 is 18.4 Å². The third-order valence-corrected chi connectivity index (χ3v) is 0.893. The summed E-state index contributed by atoms with van der Waals surface area (Å²) in [5, 5.41) is 23.8. The molecule has 6 heteroatoms. The average molecular weight is 260 g/mol. The fourth-order valence-electron chi connectivity index (χ4n) is 0.129. The Balaban J connectivity index is -0.000000177.